The molecule has 1 fully saturated rings. The van der Waals surface area contributed by atoms with Gasteiger partial charge in [0.1, 0.15) is 11.9 Å². The topological polar surface area (TPSA) is 55.6 Å². The molecule has 1 unspecified atom stereocenters. The quantitative estimate of drug-likeness (QED) is 0.940. The van der Waals surface area contributed by atoms with Crippen molar-refractivity contribution >= 4 is 17.2 Å². The largest absolute Gasteiger partial charge is 0.367 e. The number of halogens is 1. The van der Waals surface area contributed by atoms with E-state index in [0.717, 1.165) is 23.5 Å². The summed E-state index contributed by atoms with van der Waals surface area (Å²) in [5.74, 6) is -0.644. The van der Waals surface area contributed by atoms with E-state index in [4.69, 9.17) is 10.5 Å². The number of hydrogen-bond acceptors (Lipinski definition) is 4. The summed E-state index contributed by atoms with van der Waals surface area (Å²) in [6.07, 6.45) is -0.523. The molecule has 1 aliphatic heterocycles. The smallest absolute Gasteiger partial charge is 0.247 e. The molecule has 22 heavy (non-hydrogen) atoms. The zero-order valence-electron chi connectivity index (χ0n) is 12.0. The van der Waals surface area contributed by atoms with Crippen LogP contribution in [0, 0.1) is 5.82 Å². The van der Waals surface area contributed by atoms with Crippen molar-refractivity contribution in [3.05, 3.63) is 47.1 Å². The van der Waals surface area contributed by atoms with Gasteiger partial charge in [-0.3, -0.25) is 9.69 Å². The second-order valence-corrected chi connectivity index (χ2v) is 6.44. The number of primary amides is 1. The molecule has 1 aromatic heterocycles. The van der Waals surface area contributed by atoms with Crippen LogP contribution in [0.1, 0.15) is 4.88 Å². The zero-order chi connectivity index (χ0) is 15.5. The maximum absolute atomic E-state index is 13.0. The van der Waals surface area contributed by atoms with Gasteiger partial charge in [0.15, 0.2) is 0 Å². The van der Waals surface area contributed by atoms with Crippen LogP contribution in [0.3, 0.4) is 0 Å². The van der Waals surface area contributed by atoms with Gasteiger partial charge in [0.25, 0.3) is 0 Å². The predicted octanol–water partition coefficient (Wildman–Crippen LogP) is 2.24. The molecule has 0 saturated carbocycles. The second-order valence-electron chi connectivity index (χ2n) is 5.27. The minimum atomic E-state index is -0.523. The third-order valence-corrected chi connectivity index (χ3v) is 4.76. The van der Waals surface area contributed by atoms with Gasteiger partial charge in [-0.15, -0.1) is 11.3 Å². The molecule has 1 saturated heterocycles. The van der Waals surface area contributed by atoms with E-state index in [1.165, 1.54) is 17.0 Å². The molecule has 6 heteroatoms. The minimum Gasteiger partial charge on any atom is -0.367 e. The lowest BCUT2D eigenvalue weighted by Crippen LogP contribution is -2.47. The number of thiophene rings is 1. The molecular formula is C16H17FN2O2S. The van der Waals surface area contributed by atoms with Gasteiger partial charge in [-0.1, -0.05) is 12.1 Å². The Hall–Kier alpha value is -1.76. The first-order valence-corrected chi connectivity index (χ1v) is 7.91. The Labute approximate surface area is 132 Å². The molecule has 0 bridgehead atoms. The normalized spacial score (nSPS) is 19.2. The number of carbonyl (C=O) groups excluding carboxylic acids is 1. The number of benzene rings is 1. The standard InChI is InChI=1S/C16H17FN2O2S/c17-12-3-1-11(2-4-12)15-6-5-13(22-15)9-19-7-8-21-14(10-19)16(18)20/h1-6,14H,7-10H2,(H2,18,20). The highest BCUT2D eigenvalue weighted by Crippen LogP contribution is 2.29. The fraction of sp³-hybridized carbons (Fsp3) is 0.312. The average Bonchev–Trinajstić information content (AvgIpc) is 2.96. The summed E-state index contributed by atoms with van der Waals surface area (Å²) in [6.45, 7) is 2.59. The summed E-state index contributed by atoms with van der Waals surface area (Å²) in [7, 11) is 0. The second kappa shape index (κ2) is 6.56. The lowest BCUT2D eigenvalue weighted by Gasteiger charge is -2.30. The molecule has 2 aromatic rings. The third kappa shape index (κ3) is 3.52. The number of ether oxygens (including phenoxy) is 1. The summed E-state index contributed by atoms with van der Waals surface area (Å²) >= 11 is 1.67. The molecule has 0 spiro atoms. The molecule has 1 atom stereocenters. The number of amides is 1. The summed E-state index contributed by atoms with van der Waals surface area (Å²) in [5.41, 5.74) is 6.31. The first-order chi connectivity index (χ1) is 10.6. The van der Waals surface area contributed by atoms with E-state index >= 15 is 0 Å². The van der Waals surface area contributed by atoms with E-state index in [1.807, 2.05) is 6.07 Å². The maximum Gasteiger partial charge on any atom is 0.247 e. The Bertz CT molecular complexity index is 656. The van der Waals surface area contributed by atoms with E-state index in [2.05, 4.69) is 11.0 Å². The zero-order valence-corrected chi connectivity index (χ0v) is 12.8. The Morgan fingerprint density at radius 1 is 1.32 bits per heavy atom. The van der Waals surface area contributed by atoms with Crippen molar-refractivity contribution in [1.29, 1.82) is 0 Å². The lowest BCUT2D eigenvalue weighted by atomic mass is 10.2. The van der Waals surface area contributed by atoms with Crippen LogP contribution in [0.15, 0.2) is 36.4 Å². The van der Waals surface area contributed by atoms with Gasteiger partial charge < -0.3 is 10.5 Å². The van der Waals surface area contributed by atoms with E-state index < -0.39 is 12.0 Å². The molecule has 1 aliphatic rings. The number of rotatable bonds is 4. The fourth-order valence-electron chi connectivity index (χ4n) is 2.47. The van der Waals surface area contributed by atoms with Crippen LogP contribution in [0.5, 0.6) is 0 Å². The molecule has 0 aliphatic carbocycles. The van der Waals surface area contributed by atoms with Crippen molar-refractivity contribution in [2.45, 2.75) is 12.6 Å². The van der Waals surface area contributed by atoms with Gasteiger partial charge in [0.05, 0.1) is 6.61 Å². The predicted molar refractivity (Wildman–Crippen MR) is 83.9 cm³/mol. The van der Waals surface area contributed by atoms with Crippen LogP contribution in [-0.2, 0) is 16.1 Å². The molecule has 1 aromatic carbocycles. The number of nitrogens with zero attached hydrogens (tertiary/aromatic N) is 1. The molecule has 0 radical (unpaired) electrons. The van der Waals surface area contributed by atoms with Crippen molar-refractivity contribution in [1.82, 2.24) is 4.90 Å². The molecule has 2 N–H and O–H groups in total. The molecule has 3 rings (SSSR count). The van der Waals surface area contributed by atoms with Gasteiger partial charge in [-0.05, 0) is 29.8 Å². The highest BCUT2D eigenvalue weighted by molar-refractivity contribution is 7.15. The molecule has 4 nitrogen and oxygen atoms in total. The highest BCUT2D eigenvalue weighted by Gasteiger charge is 2.24. The van der Waals surface area contributed by atoms with E-state index in [-0.39, 0.29) is 5.82 Å². The van der Waals surface area contributed by atoms with Gasteiger partial charge in [0.2, 0.25) is 5.91 Å². The average molecular weight is 320 g/mol. The Morgan fingerprint density at radius 3 is 2.82 bits per heavy atom. The van der Waals surface area contributed by atoms with Crippen LogP contribution in [-0.4, -0.2) is 36.6 Å². The molecule has 116 valence electrons. The van der Waals surface area contributed by atoms with E-state index in [9.17, 15) is 9.18 Å². The fourth-order valence-corrected chi connectivity index (χ4v) is 3.53. The first kappa shape index (κ1) is 15.1. The minimum absolute atomic E-state index is 0.230. The Morgan fingerprint density at radius 2 is 2.09 bits per heavy atom. The van der Waals surface area contributed by atoms with Crippen molar-refractivity contribution < 1.29 is 13.9 Å². The highest BCUT2D eigenvalue weighted by atomic mass is 32.1. The summed E-state index contributed by atoms with van der Waals surface area (Å²) in [6, 6.07) is 10.6. The number of hydrogen-bond donors (Lipinski definition) is 1. The van der Waals surface area contributed by atoms with Crippen molar-refractivity contribution in [2.75, 3.05) is 19.7 Å². The van der Waals surface area contributed by atoms with Crippen LogP contribution >= 0.6 is 11.3 Å². The lowest BCUT2D eigenvalue weighted by molar-refractivity contribution is -0.135. The Kier molecular flexibility index (Phi) is 4.52. The van der Waals surface area contributed by atoms with Crippen LogP contribution < -0.4 is 5.73 Å². The van der Waals surface area contributed by atoms with Crippen LogP contribution in [0.2, 0.25) is 0 Å². The number of carbonyl (C=O) groups is 1. The first-order valence-electron chi connectivity index (χ1n) is 7.10. The van der Waals surface area contributed by atoms with Crippen molar-refractivity contribution in [3.63, 3.8) is 0 Å². The maximum atomic E-state index is 13.0. The van der Waals surface area contributed by atoms with Gasteiger partial charge in [0, 0.05) is 29.4 Å². The van der Waals surface area contributed by atoms with Crippen LogP contribution in [0.25, 0.3) is 10.4 Å². The van der Waals surface area contributed by atoms with Gasteiger partial charge in [-0.2, -0.15) is 0 Å². The van der Waals surface area contributed by atoms with E-state index in [1.54, 1.807) is 23.5 Å². The summed E-state index contributed by atoms with van der Waals surface area (Å²) in [5, 5.41) is 0. The van der Waals surface area contributed by atoms with Crippen LogP contribution in [0.4, 0.5) is 4.39 Å². The summed E-state index contributed by atoms with van der Waals surface area (Å²) < 4.78 is 18.3. The number of morpholine rings is 1. The Balaban J connectivity index is 1.66. The third-order valence-electron chi connectivity index (χ3n) is 3.64. The summed E-state index contributed by atoms with van der Waals surface area (Å²) in [4.78, 5) is 15.7. The number of nitrogens with two attached hydrogens (primary N) is 1. The van der Waals surface area contributed by atoms with Gasteiger partial charge >= 0.3 is 0 Å². The molecule has 2 heterocycles. The van der Waals surface area contributed by atoms with Crippen molar-refractivity contribution in [3.8, 4) is 10.4 Å². The van der Waals surface area contributed by atoms with E-state index in [0.29, 0.717) is 13.2 Å². The van der Waals surface area contributed by atoms with Crippen molar-refractivity contribution in [2.24, 2.45) is 5.73 Å². The SMILES string of the molecule is NC(=O)C1CN(Cc2ccc(-c3ccc(F)cc3)s2)CCO1. The van der Waals surface area contributed by atoms with Gasteiger partial charge in [-0.25, -0.2) is 4.39 Å². The molecular weight excluding hydrogens is 303 g/mol. The monoisotopic (exact) mass is 320 g/mol. The molecule has 1 amide bonds.